The van der Waals surface area contributed by atoms with Gasteiger partial charge in [0, 0.05) is 23.3 Å². The molecule has 3 aromatic heterocycles. The van der Waals surface area contributed by atoms with Crippen LogP contribution < -0.4 is 10.6 Å². The molecule has 1 atom stereocenters. The summed E-state index contributed by atoms with van der Waals surface area (Å²) in [5.74, 6) is -0.668. The van der Waals surface area contributed by atoms with E-state index in [1.165, 1.54) is 19.3 Å². The summed E-state index contributed by atoms with van der Waals surface area (Å²) < 4.78 is 36.7. The van der Waals surface area contributed by atoms with E-state index in [9.17, 15) is 23.2 Å². The molecule has 0 spiro atoms. The Morgan fingerprint density at radius 3 is 2.89 bits per heavy atom. The van der Waals surface area contributed by atoms with Gasteiger partial charge in [0.25, 0.3) is 0 Å². The van der Waals surface area contributed by atoms with Gasteiger partial charge >= 0.3 is 6.18 Å². The maximum absolute atomic E-state index is 12.2. The molecule has 8 nitrogen and oxygen atoms in total. The second kappa shape index (κ2) is 7.51. The number of aromatic nitrogens is 4. The molecule has 0 unspecified atom stereocenters. The van der Waals surface area contributed by atoms with Crippen LogP contribution in [-0.4, -0.2) is 44.6 Å². The summed E-state index contributed by atoms with van der Waals surface area (Å²) in [6.07, 6.45) is 0.135. The van der Waals surface area contributed by atoms with E-state index >= 15 is 0 Å². The summed E-state index contributed by atoms with van der Waals surface area (Å²) >= 11 is 0. The number of carbonyl (C=O) groups is 1. The molecular formula is C17H14F3N7O. The van der Waals surface area contributed by atoms with Gasteiger partial charge in [-0.05, 0) is 19.1 Å². The summed E-state index contributed by atoms with van der Waals surface area (Å²) in [4.78, 5) is 27.2. The Balaban J connectivity index is 1.86. The Morgan fingerprint density at radius 1 is 1.39 bits per heavy atom. The van der Waals surface area contributed by atoms with Crippen LogP contribution in [0.5, 0.6) is 0 Å². The third kappa shape index (κ3) is 4.35. The van der Waals surface area contributed by atoms with Crippen molar-refractivity contribution in [3.05, 3.63) is 36.4 Å². The number of amides is 1. The van der Waals surface area contributed by atoms with Crippen LogP contribution in [-0.2, 0) is 4.79 Å². The highest BCUT2D eigenvalue weighted by Crippen LogP contribution is 2.27. The number of fused-ring (bicyclic) bond motifs is 1. The molecule has 11 heteroatoms. The summed E-state index contributed by atoms with van der Waals surface area (Å²) in [6, 6.07) is 3.95. The lowest BCUT2D eigenvalue weighted by molar-refractivity contribution is -0.138. The molecule has 3 heterocycles. The first kappa shape index (κ1) is 19.1. The number of pyridine rings is 1. The molecule has 0 saturated heterocycles. The lowest BCUT2D eigenvalue weighted by Crippen LogP contribution is -2.42. The van der Waals surface area contributed by atoms with Crippen molar-refractivity contribution in [2.45, 2.75) is 19.1 Å². The number of hydrogen-bond acceptors (Lipinski definition) is 6. The number of halogens is 3. The van der Waals surface area contributed by atoms with Crippen molar-refractivity contribution in [2.24, 2.45) is 0 Å². The number of hydrogen-bond donors (Lipinski definition) is 3. The first-order chi connectivity index (χ1) is 13.3. The third-order valence-electron chi connectivity index (χ3n) is 3.81. The Morgan fingerprint density at radius 2 is 2.18 bits per heavy atom. The van der Waals surface area contributed by atoms with E-state index in [1.807, 2.05) is 6.07 Å². The summed E-state index contributed by atoms with van der Waals surface area (Å²) in [5.41, 5.74) is 1.92. The number of anilines is 1. The van der Waals surface area contributed by atoms with Crippen molar-refractivity contribution in [1.29, 1.82) is 5.26 Å². The van der Waals surface area contributed by atoms with Gasteiger partial charge in [-0.3, -0.25) is 4.79 Å². The van der Waals surface area contributed by atoms with Gasteiger partial charge in [0.2, 0.25) is 5.91 Å². The molecule has 1 amide bonds. The number of rotatable bonds is 5. The van der Waals surface area contributed by atoms with E-state index in [-0.39, 0.29) is 11.4 Å². The smallest absolute Gasteiger partial charge is 0.359 e. The number of nitriles is 1. The SMILES string of the molecule is C[C@H](Nc1cc(C#N)cc(-c2c[nH]c3ncncc23)n1)C(=O)NCC(F)(F)F. The maximum atomic E-state index is 12.2. The molecule has 0 fully saturated rings. The normalized spacial score (nSPS) is 12.4. The van der Waals surface area contributed by atoms with Crippen molar-refractivity contribution < 1.29 is 18.0 Å². The van der Waals surface area contributed by atoms with Gasteiger partial charge in [-0.15, -0.1) is 0 Å². The van der Waals surface area contributed by atoms with Crippen LogP contribution in [0.25, 0.3) is 22.3 Å². The molecule has 144 valence electrons. The largest absolute Gasteiger partial charge is 0.405 e. The fourth-order valence-corrected chi connectivity index (χ4v) is 2.51. The molecule has 0 aromatic carbocycles. The average molecular weight is 389 g/mol. The highest BCUT2D eigenvalue weighted by atomic mass is 19.4. The molecule has 0 aliphatic heterocycles. The van der Waals surface area contributed by atoms with Gasteiger partial charge in [0.05, 0.1) is 17.3 Å². The average Bonchev–Trinajstić information content (AvgIpc) is 3.09. The van der Waals surface area contributed by atoms with Crippen LogP contribution in [0.15, 0.2) is 30.9 Å². The summed E-state index contributed by atoms with van der Waals surface area (Å²) in [6.45, 7) is -0.0320. The third-order valence-corrected chi connectivity index (χ3v) is 3.81. The molecule has 3 aromatic rings. The molecule has 0 bridgehead atoms. The fourth-order valence-electron chi connectivity index (χ4n) is 2.51. The van der Waals surface area contributed by atoms with Gasteiger partial charge < -0.3 is 15.6 Å². The molecule has 0 saturated carbocycles. The number of nitrogens with one attached hydrogen (secondary N) is 3. The zero-order valence-corrected chi connectivity index (χ0v) is 14.5. The highest BCUT2D eigenvalue weighted by Gasteiger charge is 2.28. The van der Waals surface area contributed by atoms with Crippen LogP contribution in [0.2, 0.25) is 0 Å². The summed E-state index contributed by atoms with van der Waals surface area (Å²) in [7, 11) is 0. The van der Waals surface area contributed by atoms with Gasteiger partial charge in [0.1, 0.15) is 30.4 Å². The predicted octanol–water partition coefficient (Wildman–Crippen LogP) is 2.37. The minimum Gasteiger partial charge on any atom is -0.359 e. The van der Waals surface area contributed by atoms with E-state index in [2.05, 4.69) is 25.3 Å². The lowest BCUT2D eigenvalue weighted by atomic mass is 10.1. The Kier molecular flexibility index (Phi) is 5.12. The first-order valence-corrected chi connectivity index (χ1v) is 8.07. The van der Waals surface area contributed by atoms with Gasteiger partial charge in [-0.2, -0.15) is 18.4 Å². The maximum Gasteiger partial charge on any atom is 0.405 e. The number of aromatic amines is 1. The standard InChI is InChI=1S/C17H14F3N7O/c1-9(16(28)24-7-17(18,19)20)26-14-3-10(4-21)2-13(27-14)11-6-23-15-12(11)5-22-8-25-15/h2-3,5-6,8-9H,7H2,1H3,(H,24,28)(H,26,27)(H,22,23,25)/t9-/m0/s1. The van der Waals surface area contributed by atoms with Crippen molar-refractivity contribution in [2.75, 3.05) is 11.9 Å². The Labute approximate surface area is 156 Å². The number of H-pyrrole nitrogens is 1. The molecule has 3 rings (SSSR count). The van der Waals surface area contributed by atoms with Crippen molar-refractivity contribution >= 4 is 22.8 Å². The van der Waals surface area contributed by atoms with Crippen molar-refractivity contribution in [1.82, 2.24) is 25.3 Å². The topological polar surface area (TPSA) is 119 Å². The second-order valence-electron chi connectivity index (χ2n) is 5.92. The molecule has 0 aliphatic carbocycles. The molecule has 0 radical (unpaired) electrons. The minimum absolute atomic E-state index is 0.176. The molecule has 3 N–H and O–H groups in total. The fraction of sp³-hybridized carbons (Fsp3) is 0.235. The second-order valence-corrected chi connectivity index (χ2v) is 5.92. The van der Waals surface area contributed by atoms with E-state index in [0.29, 0.717) is 22.3 Å². The van der Waals surface area contributed by atoms with E-state index in [0.717, 1.165) is 0 Å². The van der Waals surface area contributed by atoms with E-state index in [1.54, 1.807) is 23.8 Å². The molecule has 0 aliphatic rings. The minimum atomic E-state index is -4.50. The highest BCUT2D eigenvalue weighted by molar-refractivity contribution is 5.92. The predicted molar refractivity (Wildman–Crippen MR) is 94.0 cm³/mol. The Hall–Kier alpha value is -3.68. The number of carbonyl (C=O) groups excluding carboxylic acids is 1. The van der Waals surface area contributed by atoms with Crippen LogP contribution in [0.3, 0.4) is 0 Å². The number of alkyl halides is 3. The van der Waals surface area contributed by atoms with E-state index in [4.69, 9.17) is 0 Å². The van der Waals surface area contributed by atoms with Gasteiger partial charge in [-0.1, -0.05) is 0 Å². The zero-order chi connectivity index (χ0) is 20.3. The van der Waals surface area contributed by atoms with Crippen LogP contribution in [0.4, 0.5) is 19.0 Å². The quantitative estimate of drug-likeness (QED) is 0.616. The van der Waals surface area contributed by atoms with Crippen LogP contribution >= 0.6 is 0 Å². The zero-order valence-electron chi connectivity index (χ0n) is 14.5. The first-order valence-electron chi connectivity index (χ1n) is 8.07. The van der Waals surface area contributed by atoms with Gasteiger partial charge in [-0.25, -0.2) is 15.0 Å². The van der Waals surface area contributed by atoms with Crippen molar-refractivity contribution in [3.8, 4) is 17.3 Å². The molecular weight excluding hydrogens is 375 g/mol. The summed E-state index contributed by atoms with van der Waals surface area (Å²) in [5, 5.41) is 14.5. The van der Waals surface area contributed by atoms with E-state index < -0.39 is 24.7 Å². The lowest BCUT2D eigenvalue weighted by Gasteiger charge is -2.16. The van der Waals surface area contributed by atoms with Crippen LogP contribution in [0, 0.1) is 11.3 Å². The van der Waals surface area contributed by atoms with Crippen molar-refractivity contribution in [3.63, 3.8) is 0 Å². The number of nitrogens with zero attached hydrogens (tertiary/aromatic N) is 4. The Bertz CT molecular complexity index is 1050. The molecule has 28 heavy (non-hydrogen) atoms. The monoisotopic (exact) mass is 389 g/mol. The van der Waals surface area contributed by atoms with Gasteiger partial charge in [0.15, 0.2) is 0 Å². The van der Waals surface area contributed by atoms with Crippen LogP contribution in [0.1, 0.15) is 12.5 Å².